The molecule has 0 unspecified atom stereocenters. The molecule has 0 bridgehead atoms. The van der Waals surface area contributed by atoms with Crippen LogP contribution in [0.1, 0.15) is 46.6 Å². The van der Waals surface area contributed by atoms with Gasteiger partial charge in [-0.25, -0.2) is 0 Å². The molecule has 0 aliphatic heterocycles. The van der Waals surface area contributed by atoms with E-state index in [4.69, 9.17) is 0 Å². The minimum absolute atomic E-state index is 0.0197. The first-order chi connectivity index (χ1) is 12.8. The smallest absolute Gasteiger partial charge is 0.226 e. The highest BCUT2D eigenvalue weighted by Crippen LogP contribution is 2.29. The number of nitrogens with zero attached hydrogens (tertiary/aromatic N) is 1. The Kier molecular flexibility index (Phi) is 7.28. The Balaban J connectivity index is 1.87. The van der Waals surface area contributed by atoms with Gasteiger partial charge in [-0.1, -0.05) is 39.0 Å². The molecule has 1 amide bonds. The molecule has 0 saturated heterocycles. The Labute approximate surface area is 164 Å². The maximum Gasteiger partial charge on any atom is 0.226 e. The molecule has 0 heterocycles. The van der Waals surface area contributed by atoms with Gasteiger partial charge in [0.05, 0.1) is 0 Å². The number of amides is 1. The number of rotatable bonds is 8. The van der Waals surface area contributed by atoms with Crippen molar-refractivity contribution >= 4 is 23.0 Å². The van der Waals surface area contributed by atoms with Gasteiger partial charge in [-0.2, -0.15) is 0 Å². The lowest BCUT2D eigenvalue weighted by Crippen LogP contribution is -2.21. The highest BCUT2D eigenvalue weighted by molar-refractivity contribution is 5.91. The van der Waals surface area contributed by atoms with Crippen molar-refractivity contribution in [1.29, 1.82) is 0 Å². The van der Waals surface area contributed by atoms with Gasteiger partial charge in [0.25, 0.3) is 0 Å². The summed E-state index contributed by atoms with van der Waals surface area (Å²) in [6, 6.07) is 16.3. The summed E-state index contributed by atoms with van der Waals surface area (Å²) in [5.41, 5.74) is 4.45. The van der Waals surface area contributed by atoms with Gasteiger partial charge in [-0.05, 0) is 55.2 Å². The van der Waals surface area contributed by atoms with E-state index in [0.29, 0.717) is 13.0 Å². The largest absolute Gasteiger partial charge is 0.384 e. The van der Waals surface area contributed by atoms with Crippen molar-refractivity contribution in [2.24, 2.45) is 0 Å². The first-order valence-electron chi connectivity index (χ1n) is 9.83. The number of nitrogens with one attached hydrogen (secondary N) is 2. The summed E-state index contributed by atoms with van der Waals surface area (Å²) in [6.45, 7) is 13.4. The summed E-state index contributed by atoms with van der Waals surface area (Å²) in [5, 5.41) is 6.39. The summed E-state index contributed by atoms with van der Waals surface area (Å²) in [5.74, 6) is 0.0197. The van der Waals surface area contributed by atoms with Crippen LogP contribution >= 0.6 is 0 Å². The van der Waals surface area contributed by atoms with Crippen molar-refractivity contribution in [2.75, 3.05) is 35.2 Å². The zero-order valence-corrected chi connectivity index (χ0v) is 17.3. The second-order valence-electron chi connectivity index (χ2n) is 7.74. The molecule has 4 nitrogen and oxygen atoms in total. The fourth-order valence-electron chi connectivity index (χ4n) is 3.17. The average molecular weight is 368 g/mol. The second kappa shape index (κ2) is 9.45. The molecule has 146 valence electrons. The Bertz CT molecular complexity index is 728. The third kappa shape index (κ3) is 6.02. The van der Waals surface area contributed by atoms with E-state index in [0.717, 1.165) is 24.5 Å². The Morgan fingerprint density at radius 3 is 2.19 bits per heavy atom. The van der Waals surface area contributed by atoms with Crippen molar-refractivity contribution in [3.05, 3.63) is 54.1 Å². The summed E-state index contributed by atoms with van der Waals surface area (Å²) in [7, 11) is 0. The minimum Gasteiger partial charge on any atom is -0.384 e. The van der Waals surface area contributed by atoms with Gasteiger partial charge in [-0.15, -0.1) is 0 Å². The van der Waals surface area contributed by atoms with E-state index < -0.39 is 0 Å². The lowest BCUT2D eigenvalue weighted by molar-refractivity contribution is -0.115. The summed E-state index contributed by atoms with van der Waals surface area (Å²) >= 11 is 0. The first-order valence-corrected chi connectivity index (χ1v) is 9.83. The van der Waals surface area contributed by atoms with Gasteiger partial charge in [0.1, 0.15) is 0 Å². The molecule has 2 aromatic carbocycles. The fraction of sp³-hybridized carbons (Fsp3) is 0.435. The SMILES string of the molecule is CCN(CC)c1ccc(NC(=O)CCNc2ccccc2C(C)(C)C)cc1. The van der Waals surface area contributed by atoms with Gasteiger partial charge < -0.3 is 15.5 Å². The molecule has 0 fully saturated rings. The molecule has 2 aromatic rings. The van der Waals surface area contributed by atoms with Crippen LogP contribution in [-0.4, -0.2) is 25.5 Å². The molecule has 0 aromatic heterocycles. The topological polar surface area (TPSA) is 44.4 Å². The molecule has 0 radical (unpaired) electrons. The van der Waals surface area contributed by atoms with E-state index in [1.165, 1.54) is 11.3 Å². The number of hydrogen-bond donors (Lipinski definition) is 2. The molecule has 4 heteroatoms. The van der Waals surface area contributed by atoms with Crippen LogP contribution in [0, 0.1) is 0 Å². The van der Waals surface area contributed by atoms with Crippen LogP contribution in [0.2, 0.25) is 0 Å². The van der Waals surface area contributed by atoms with Gasteiger partial charge in [-0.3, -0.25) is 4.79 Å². The van der Waals surface area contributed by atoms with Crippen molar-refractivity contribution < 1.29 is 4.79 Å². The highest BCUT2D eigenvalue weighted by Gasteiger charge is 2.17. The normalized spacial score (nSPS) is 11.1. The molecule has 0 spiro atoms. The standard InChI is InChI=1S/C23H33N3O/c1-6-26(7-2)19-14-12-18(13-15-19)25-22(27)16-17-24-21-11-9-8-10-20(21)23(3,4)5/h8-15,24H,6-7,16-17H2,1-5H3,(H,25,27). The van der Waals surface area contributed by atoms with E-state index in [2.05, 4.69) is 80.5 Å². The van der Waals surface area contributed by atoms with Crippen molar-refractivity contribution in [2.45, 2.75) is 46.5 Å². The Morgan fingerprint density at radius 2 is 1.59 bits per heavy atom. The van der Waals surface area contributed by atoms with Crippen LogP contribution in [-0.2, 0) is 10.2 Å². The number of para-hydroxylation sites is 1. The van der Waals surface area contributed by atoms with E-state index in [1.54, 1.807) is 0 Å². The summed E-state index contributed by atoms with van der Waals surface area (Å²) in [6.07, 6.45) is 0.427. The zero-order chi connectivity index (χ0) is 19.9. The number of carbonyl (C=O) groups is 1. The third-order valence-electron chi connectivity index (χ3n) is 4.68. The third-order valence-corrected chi connectivity index (χ3v) is 4.68. The molecule has 2 rings (SSSR count). The van der Waals surface area contributed by atoms with Crippen LogP contribution < -0.4 is 15.5 Å². The Hall–Kier alpha value is -2.49. The van der Waals surface area contributed by atoms with Gasteiger partial charge in [0.2, 0.25) is 5.91 Å². The molecule has 0 saturated carbocycles. The summed E-state index contributed by atoms with van der Waals surface area (Å²) in [4.78, 5) is 14.5. The highest BCUT2D eigenvalue weighted by atomic mass is 16.1. The number of hydrogen-bond acceptors (Lipinski definition) is 3. The number of anilines is 3. The molecule has 2 N–H and O–H groups in total. The van der Waals surface area contributed by atoms with Crippen molar-refractivity contribution in [3.8, 4) is 0 Å². The van der Waals surface area contributed by atoms with E-state index in [-0.39, 0.29) is 11.3 Å². The number of carbonyl (C=O) groups excluding carboxylic acids is 1. The average Bonchev–Trinajstić information content (AvgIpc) is 2.63. The lowest BCUT2D eigenvalue weighted by Gasteiger charge is -2.23. The minimum atomic E-state index is 0.0197. The second-order valence-corrected chi connectivity index (χ2v) is 7.74. The van der Waals surface area contributed by atoms with E-state index >= 15 is 0 Å². The van der Waals surface area contributed by atoms with Crippen LogP contribution in [0.5, 0.6) is 0 Å². The van der Waals surface area contributed by atoms with Gasteiger partial charge >= 0.3 is 0 Å². The van der Waals surface area contributed by atoms with E-state index in [1.807, 2.05) is 18.2 Å². The monoisotopic (exact) mass is 367 g/mol. The predicted octanol–water partition coefficient (Wildman–Crippen LogP) is 5.27. The summed E-state index contributed by atoms with van der Waals surface area (Å²) < 4.78 is 0. The van der Waals surface area contributed by atoms with Crippen molar-refractivity contribution in [3.63, 3.8) is 0 Å². The van der Waals surface area contributed by atoms with Gasteiger partial charge in [0.15, 0.2) is 0 Å². The molecular weight excluding hydrogens is 334 g/mol. The maximum absolute atomic E-state index is 12.3. The number of benzene rings is 2. The Morgan fingerprint density at radius 1 is 0.963 bits per heavy atom. The molecule has 0 aliphatic carbocycles. The van der Waals surface area contributed by atoms with Crippen LogP contribution in [0.15, 0.2) is 48.5 Å². The fourth-order valence-corrected chi connectivity index (χ4v) is 3.17. The van der Waals surface area contributed by atoms with Crippen LogP contribution in [0.25, 0.3) is 0 Å². The van der Waals surface area contributed by atoms with Gasteiger partial charge in [0, 0.05) is 43.1 Å². The molecule has 0 atom stereocenters. The van der Waals surface area contributed by atoms with E-state index in [9.17, 15) is 4.79 Å². The molecular formula is C23H33N3O. The lowest BCUT2D eigenvalue weighted by atomic mass is 9.86. The molecule has 0 aliphatic rings. The quantitative estimate of drug-likeness (QED) is 0.668. The van der Waals surface area contributed by atoms with Crippen LogP contribution in [0.4, 0.5) is 17.1 Å². The maximum atomic E-state index is 12.3. The van der Waals surface area contributed by atoms with Crippen molar-refractivity contribution in [1.82, 2.24) is 0 Å². The molecule has 27 heavy (non-hydrogen) atoms. The zero-order valence-electron chi connectivity index (χ0n) is 17.3. The van der Waals surface area contributed by atoms with Crippen LogP contribution in [0.3, 0.4) is 0 Å². The predicted molar refractivity (Wildman–Crippen MR) is 117 cm³/mol. The first kappa shape index (κ1) is 20.8.